The van der Waals surface area contributed by atoms with Crippen LogP contribution in [0.5, 0.6) is 0 Å². The molecule has 0 fully saturated rings. The van der Waals surface area contributed by atoms with Gasteiger partial charge in [-0.05, 0) is 43.4 Å². The van der Waals surface area contributed by atoms with Gasteiger partial charge in [-0.3, -0.25) is 4.98 Å². The van der Waals surface area contributed by atoms with Gasteiger partial charge in [0.1, 0.15) is 0 Å². The Morgan fingerprint density at radius 2 is 2.00 bits per heavy atom. The number of aromatic carboxylic acids is 1. The molecule has 0 unspecified atom stereocenters. The third-order valence-corrected chi connectivity index (χ3v) is 4.18. The first-order valence-electron chi connectivity index (χ1n) is 6.51. The summed E-state index contributed by atoms with van der Waals surface area (Å²) in [6, 6.07) is 5.62. The molecule has 0 bridgehead atoms. The molecule has 3 rings (SSSR count). The van der Waals surface area contributed by atoms with Crippen LogP contribution in [-0.2, 0) is 12.8 Å². The van der Waals surface area contributed by atoms with Gasteiger partial charge in [-0.25, -0.2) is 4.79 Å². The van der Waals surface area contributed by atoms with Crippen molar-refractivity contribution < 1.29 is 9.90 Å². The van der Waals surface area contributed by atoms with Gasteiger partial charge in [0.05, 0.1) is 11.1 Å². The van der Waals surface area contributed by atoms with Crippen molar-refractivity contribution in [3.05, 3.63) is 39.5 Å². The summed E-state index contributed by atoms with van der Waals surface area (Å²) in [5.41, 5.74) is 3.14. The number of halogens is 1. The summed E-state index contributed by atoms with van der Waals surface area (Å²) in [4.78, 5) is 16.3. The van der Waals surface area contributed by atoms with Crippen LogP contribution in [0.1, 0.15) is 40.9 Å². The average molecular weight is 320 g/mol. The van der Waals surface area contributed by atoms with E-state index in [2.05, 4.69) is 20.9 Å². The van der Waals surface area contributed by atoms with Crippen molar-refractivity contribution in [2.45, 2.75) is 32.1 Å². The van der Waals surface area contributed by atoms with Crippen LogP contribution in [0, 0.1) is 0 Å². The van der Waals surface area contributed by atoms with Crippen molar-refractivity contribution in [3.8, 4) is 0 Å². The van der Waals surface area contributed by atoms with Gasteiger partial charge in [0.25, 0.3) is 0 Å². The molecule has 1 N–H and O–H groups in total. The van der Waals surface area contributed by atoms with Gasteiger partial charge in [0.2, 0.25) is 0 Å². The third-order valence-electron chi connectivity index (χ3n) is 3.69. The number of hydrogen-bond donors (Lipinski definition) is 1. The molecule has 4 heteroatoms. The third kappa shape index (κ3) is 2.25. The Morgan fingerprint density at radius 3 is 2.79 bits per heavy atom. The van der Waals surface area contributed by atoms with E-state index in [1.165, 1.54) is 0 Å². The molecule has 1 heterocycles. The summed E-state index contributed by atoms with van der Waals surface area (Å²) in [6.45, 7) is 0. The number of carbonyl (C=O) groups is 1. The highest BCUT2D eigenvalue weighted by molar-refractivity contribution is 9.10. The van der Waals surface area contributed by atoms with Gasteiger partial charge in [-0.1, -0.05) is 28.4 Å². The Kier molecular flexibility index (Phi) is 3.27. The van der Waals surface area contributed by atoms with Gasteiger partial charge in [0, 0.05) is 15.6 Å². The fourth-order valence-corrected chi connectivity index (χ4v) is 3.17. The van der Waals surface area contributed by atoms with Crippen molar-refractivity contribution in [2.75, 3.05) is 0 Å². The normalized spacial score (nSPS) is 15.0. The molecule has 0 spiro atoms. The van der Waals surface area contributed by atoms with Crippen LogP contribution in [0.15, 0.2) is 22.7 Å². The first kappa shape index (κ1) is 12.6. The quantitative estimate of drug-likeness (QED) is 0.809. The smallest absolute Gasteiger partial charge is 0.336 e. The number of aromatic nitrogens is 1. The van der Waals surface area contributed by atoms with E-state index in [9.17, 15) is 9.90 Å². The Balaban J connectivity index is 2.36. The molecule has 19 heavy (non-hydrogen) atoms. The standard InChI is InChI=1S/C15H14BrNO2/c16-9-6-7-11-13(8-9)17-12-5-3-1-2-4-10(12)14(11)15(18)19/h6-8H,1-5H2,(H,18,19). The molecule has 0 saturated heterocycles. The minimum atomic E-state index is -0.840. The fourth-order valence-electron chi connectivity index (χ4n) is 2.82. The lowest BCUT2D eigenvalue weighted by molar-refractivity contribution is 0.0697. The van der Waals surface area contributed by atoms with Gasteiger partial charge >= 0.3 is 5.97 Å². The second-order valence-corrected chi connectivity index (χ2v) is 5.86. The van der Waals surface area contributed by atoms with Gasteiger partial charge in [-0.15, -0.1) is 0 Å². The lowest BCUT2D eigenvalue weighted by atomic mass is 9.97. The predicted octanol–water partition coefficient (Wildman–Crippen LogP) is 3.96. The van der Waals surface area contributed by atoms with Crippen LogP contribution >= 0.6 is 15.9 Å². The van der Waals surface area contributed by atoms with Crippen LogP contribution in [0.4, 0.5) is 0 Å². The minimum Gasteiger partial charge on any atom is -0.478 e. The molecule has 1 aromatic carbocycles. The Morgan fingerprint density at radius 1 is 1.21 bits per heavy atom. The second-order valence-electron chi connectivity index (χ2n) is 4.94. The van der Waals surface area contributed by atoms with Crippen LogP contribution < -0.4 is 0 Å². The number of carboxylic acids is 1. The molecule has 98 valence electrons. The van der Waals surface area contributed by atoms with E-state index in [-0.39, 0.29) is 0 Å². The van der Waals surface area contributed by atoms with E-state index in [1.807, 2.05) is 18.2 Å². The fraction of sp³-hybridized carbons (Fsp3) is 0.333. The zero-order valence-electron chi connectivity index (χ0n) is 10.4. The average Bonchev–Trinajstić information content (AvgIpc) is 2.60. The number of nitrogens with zero attached hydrogens (tertiary/aromatic N) is 1. The number of hydrogen-bond acceptors (Lipinski definition) is 2. The van der Waals surface area contributed by atoms with E-state index in [0.717, 1.165) is 58.7 Å². The van der Waals surface area contributed by atoms with Crippen LogP contribution in [0.3, 0.4) is 0 Å². The summed E-state index contributed by atoms with van der Waals surface area (Å²) in [7, 11) is 0. The Bertz CT molecular complexity index is 667. The Labute approximate surface area is 119 Å². The maximum Gasteiger partial charge on any atom is 0.336 e. The molecule has 1 aliphatic rings. The van der Waals surface area contributed by atoms with E-state index in [1.54, 1.807) is 0 Å². The molecule has 0 amide bonds. The van der Waals surface area contributed by atoms with Gasteiger partial charge in [-0.2, -0.15) is 0 Å². The molecule has 1 aliphatic carbocycles. The van der Waals surface area contributed by atoms with E-state index in [0.29, 0.717) is 5.56 Å². The second kappa shape index (κ2) is 4.93. The number of fused-ring (bicyclic) bond motifs is 2. The molecule has 1 aromatic heterocycles. The van der Waals surface area contributed by atoms with Gasteiger partial charge < -0.3 is 5.11 Å². The van der Waals surface area contributed by atoms with E-state index >= 15 is 0 Å². The molecule has 0 aliphatic heterocycles. The lowest BCUT2D eigenvalue weighted by Crippen LogP contribution is -2.08. The zero-order valence-corrected chi connectivity index (χ0v) is 12.0. The zero-order chi connectivity index (χ0) is 13.4. The van der Waals surface area contributed by atoms with E-state index < -0.39 is 5.97 Å². The molecule has 0 radical (unpaired) electrons. The van der Waals surface area contributed by atoms with Crippen molar-refractivity contribution in [2.24, 2.45) is 0 Å². The number of benzene rings is 1. The first-order chi connectivity index (χ1) is 9.16. The highest BCUT2D eigenvalue weighted by atomic mass is 79.9. The van der Waals surface area contributed by atoms with Crippen LogP contribution in [0.2, 0.25) is 0 Å². The maximum atomic E-state index is 11.6. The van der Waals surface area contributed by atoms with Crippen LogP contribution in [-0.4, -0.2) is 16.1 Å². The summed E-state index contributed by atoms with van der Waals surface area (Å²) in [5, 5.41) is 10.3. The number of rotatable bonds is 1. The highest BCUT2D eigenvalue weighted by Gasteiger charge is 2.21. The monoisotopic (exact) mass is 319 g/mol. The molecule has 3 nitrogen and oxygen atoms in total. The maximum absolute atomic E-state index is 11.6. The molecular formula is C15H14BrNO2. The lowest BCUT2D eigenvalue weighted by Gasteiger charge is -2.12. The first-order valence-corrected chi connectivity index (χ1v) is 7.30. The summed E-state index contributed by atoms with van der Waals surface area (Å²) in [6.07, 6.45) is 5.01. The SMILES string of the molecule is O=C(O)c1c2c(nc3cc(Br)ccc13)CCCCC2. The van der Waals surface area contributed by atoms with Crippen molar-refractivity contribution in [1.82, 2.24) is 4.98 Å². The summed E-state index contributed by atoms with van der Waals surface area (Å²) < 4.78 is 0.928. The summed E-state index contributed by atoms with van der Waals surface area (Å²) >= 11 is 3.42. The van der Waals surface area contributed by atoms with Crippen molar-refractivity contribution in [1.29, 1.82) is 0 Å². The highest BCUT2D eigenvalue weighted by Crippen LogP contribution is 2.30. The predicted molar refractivity (Wildman–Crippen MR) is 77.7 cm³/mol. The summed E-state index contributed by atoms with van der Waals surface area (Å²) in [5.74, 6) is -0.840. The largest absolute Gasteiger partial charge is 0.478 e. The number of carboxylic acid groups (broad SMARTS) is 1. The number of pyridine rings is 1. The van der Waals surface area contributed by atoms with E-state index in [4.69, 9.17) is 0 Å². The molecule has 0 saturated carbocycles. The molecule has 0 atom stereocenters. The van der Waals surface area contributed by atoms with Crippen molar-refractivity contribution >= 4 is 32.8 Å². The topological polar surface area (TPSA) is 50.2 Å². The van der Waals surface area contributed by atoms with Crippen molar-refractivity contribution in [3.63, 3.8) is 0 Å². The molecule has 2 aromatic rings. The van der Waals surface area contributed by atoms with Gasteiger partial charge in [0.15, 0.2) is 0 Å². The minimum absolute atomic E-state index is 0.453. The van der Waals surface area contributed by atoms with Crippen LogP contribution in [0.25, 0.3) is 10.9 Å². The molecular weight excluding hydrogens is 306 g/mol. The number of aryl methyl sites for hydroxylation is 1. The Hall–Kier alpha value is -1.42.